The molecule has 0 aliphatic heterocycles. The molecule has 0 bridgehead atoms. The number of rotatable bonds is 13. The molecular weight excluding hydrogens is 500 g/mol. The van der Waals surface area contributed by atoms with Crippen molar-refractivity contribution in [1.82, 2.24) is 10.2 Å². The van der Waals surface area contributed by atoms with Crippen molar-refractivity contribution in [1.29, 1.82) is 0 Å². The van der Waals surface area contributed by atoms with Gasteiger partial charge >= 0.3 is 0 Å². The molecule has 196 valence electrons. The first-order chi connectivity index (χ1) is 17.9. The summed E-state index contributed by atoms with van der Waals surface area (Å²) in [6.45, 7) is 7.14. The molecule has 0 fully saturated rings. The lowest BCUT2D eigenvalue weighted by Crippen LogP contribution is -2.51. The summed E-state index contributed by atoms with van der Waals surface area (Å²) < 4.78 is 0. The number of amides is 2. The first-order valence-electron chi connectivity index (χ1n) is 12.9. The molecule has 37 heavy (non-hydrogen) atoms. The molecule has 0 saturated carbocycles. The first-order valence-corrected chi connectivity index (χ1v) is 14.4. The second-order valence-electron chi connectivity index (χ2n) is 9.45. The van der Waals surface area contributed by atoms with Crippen LogP contribution in [0.25, 0.3) is 0 Å². The number of carbonyl (C=O) groups is 2. The summed E-state index contributed by atoms with van der Waals surface area (Å²) >= 11 is 8.07. The van der Waals surface area contributed by atoms with Gasteiger partial charge in [0.2, 0.25) is 11.8 Å². The van der Waals surface area contributed by atoms with Crippen molar-refractivity contribution in [2.45, 2.75) is 58.4 Å². The van der Waals surface area contributed by atoms with Crippen LogP contribution in [0.15, 0.2) is 72.8 Å². The molecule has 0 unspecified atom stereocenters. The highest BCUT2D eigenvalue weighted by Crippen LogP contribution is 2.22. The highest BCUT2D eigenvalue weighted by atomic mass is 35.5. The van der Waals surface area contributed by atoms with Gasteiger partial charge in [0.15, 0.2) is 0 Å². The number of nitrogens with zero attached hydrogens (tertiary/aromatic N) is 1. The summed E-state index contributed by atoms with van der Waals surface area (Å²) in [5, 5.41) is 3.65. The Hall–Kier alpha value is -2.76. The van der Waals surface area contributed by atoms with Gasteiger partial charge in [-0.2, -0.15) is 0 Å². The predicted octanol–water partition coefficient (Wildman–Crippen LogP) is 6.75. The van der Waals surface area contributed by atoms with E-state index in [1.54, 1.807) is 16.7 Å². The predicted molar refractivity (Wildman–Crippen MR) is 156 cm³/mol. The number of carbonyl (C=O) groups excluding carboxylic acids is 2. The Balaban J connectivity index is 1.84. The summed E-state index contributed by atoms with van der Waals surface area (Å²) in [4.78, 5) is 28.9. The minimum absolute atomic E-state index is 0.0686. The van der Waals surface area contributed by atoms with Gasteiger partial charge in [-0.15, -0.1) is 11.8 Å². The second-order valence-corrected chi connectivity index (χ2v) is 10.8. The molecule has 3 rings (SSSR count). The number of aryl methyl sites for hydroxylation is 2. The van der Waals surface area contributed by atoms with Crippen molar-refractivity contribution < 1.29 is 9.59 Å². The molecule has 0 aromatic heterocycles. The summed E-state index contributed by atoms with van der Waals surface area (Å²) in [6.07, 6.45) is 2.33. The van der Waals surface area contributed by atoms with Crippen molar-refractivity contribution in [2.75, 3.05) is 12.3 Å². The van der Waals surface area contributed by atoms with E-state index in [2.05, 4.69) is 44.3 Å². The Labute approximate surface area is 230 Å². The molecule has 0 spiro atoms. The summed E-state index contributed by atoms with van der Waals surface area (Å²) in [7, 11) is 0. The Morgan fingerprint density at radius 2 is 1.62 bits per heavy atom. The van der Waals surface area contributed by atoms with Crippen molar-refractivity contribution >= 4 is 35.2 Å². The average molecular weight is 537 g/mol. The lowest BCUT2D eigenvalue weighted by atomic mass is 10.0. The second kappa shape index (κ2) is 14.8. The maximum Gasteiger partial charge on any atom is 0.243 e. The van der Waals surface area contributed by atoms with Crippen molar-refractivity contribution in [3.05, 3.63) is 106 Å². The van der Waals surface area contributed by atoms with E-state index in [1.807, 2.05) is 54.6 Å². The number of benzene rings is 3. The molecule has 0 aliphatic carbocycles. The maximum absolute atomic E-state index is 13.7. The monoisotopic (exact) mass is 536 g/mol. The van der Waals surface area contributed by atoms with Gasteiger partial charge in [-0.05, 0) is 43.0 Å². The molecule has 4 nitrogen and oxygen atoms in total. The van der Waals surface area contributed by atoms with E-state index in [-0.39, 0.29) is 24.1 Å². The Morgan fingerprint density at radius 1 is 0.946 bits per heavy atom. The normalized spacial score (nSPS) is 11.7. The molecule has 0 aliphatic rings. The van der Waals surface area contributed by atoms with Crippen LogP contribution in [0.2, 0.25) is 5.02 Å². The number of hydrogen-bond acceptors (Lipinski definition) is 3. The zero-order chi connectivity index (χ0) is 26.6. The van der Waals surface area contributed by atoms with E-state index in [0.717, 1.165) is 29.7 Å². The van der Waals surface area contributed by atoms with Crippen molar-refractivity contribution in [3.8, 4) is 0 Å². The standard InChI is InChI=1S/C31H37ClN2O2S/c1-4-5-15-33-31(36)29(19-25-11-7-6-8-12-25)34(20-27-13-9-10-14-28(27)32)30(35)22-37-21-26-17-23(2)16-24(3)18-26/h6-14,16-18,29H,4-5,15,19-22H2,1-3H3,(H,33,36)/t29-/m0/s1. The Kier molecular flexibility index (Phi) is 11.6. The fourth-order valence-electron chi connectivity index (χ4n) is 4.36. The molecule has 6 heteroatoms. The average Bonchev–Trinajstić information content (AvgIpc) is 2.87. The molecule has 2 amide bonds. The third-order valence-corrected chi connectivity index (χ3v) is 7.53. The van der Waals surface area contributed by atoms with Crippen LogP contribution in [0.3, 0.4) is 0 Å². The zero-order valence-electron chi connectivity index (χ0n) is 22.0. The van der Waals surface area contributed by atoms with Gasteiger partial charge in [0, 0.05) is 30.3 Å². The van der Waals surface area contributed by atoms with E-state index < -0.39 is 6.04 Å². The minimum atomic E-state index is -0.634. The van der Waals surface area contributed by atoms with Crippen LogP contribution in [0, 0.1) is 13.8 Å². The van der Waals surface area contributed by atoms with E-state index >= 15 is 0 Å². The van der Waals surface area contributed by atoms with Gasteiger partial charge in [0.1, 0.15) is 6.04 Å². The lowest BCUT2D eigenvalue weighted by molar-refractivity contribution is -0.139. The maximum atomic E-state index is 13.7. The van der Waals surface area contributed by atoms with Crippen molar-refractivity contribution in [2.24, 2.45) is 0 Å². The molecule has 0 radical (unpaired) electrons. The molecule has 1 N–H and O–H groups in total. The summed E-state index contributed by atoms with van der Waals surface area (Å²) in [5.74, 6) is 0.823. The number of nitrogens with one attached hydrogen (secondary N) is 1. The largest absolute Gasteiger partial charge is 0.354 e. The van der Waals surface area contributed by atoms with E-state index in [1.165, 1.54) is 16.7 Å². The third kappa shape index (κ3) is 9.24. The van der Waals surface area contributed by atoms with Gasteiger partial charge < -0.3 is 10.2 Å². The third-order valence-electron chi connectivity index (χ3n) is 6.17. The van der Waals surface area contributed by atoms with Crippen LogP contribution in [-0.2, 0) is 28.3 Å². The highest BCUT2D eigenvalue weighted by Gasteiger charge is 2.30. The Bertz CT molecular complexity index is 1150. The molecule has 3 aromatic carbocycles. The quantitative estimate of drug-likeness (QED) is 0.246. The van der Waals surface area contributed by atoms with Gasteiger partial charge in [0.05, 0.1) is 5.75 Å². The van der Waals surface area contributed by atoms with Crippen LogP contribution in [0.1, 0.15) is 47.6 Å². The van der Waals surface area contributed by atoms with Gasteiger partial charge in [-0.25, -0.2) is 0 Å². The van der Waals surface area contributed by atoms with E-state index in [9.17, 15) is 9.59 Å². The Morgan fingerprint density at radius 3 is 2.30 bits per heavy atom. The van der Waals surface area contributed by atoms with Gasteiger partial charge in [-0.3, -0.25) is 9.59 Å². The molecule has 0 heterocycles. The summed E-state index contributed by atoms with van der Waals surface area (Å²) in [6, 6.07) is 23.2. The molecule has 1 atom stereocenters. The van der Waals surface area contributed by atoms with Crippen LogP contribution >= 0.6 is 23.4 Å². The number of halogens is 1. The van der Waals surface area contributed by atoms with Crippen LogP contribution in [0.5, 0.6) is 0 Å². The van der Waals surface area contributed by atoms with Crippen LogP contribution < -0.4 is 5.32 Å². The molecule has 3 aromatic rings. The van der Waals surface area contributed by atoms with E-state index in [4.69, 9.17) is 11.6 Å². The minimum Gasteiger partial charge on any atom is -0.354 e. The summed E-state index contributed by atoms with van der Waals surface area (Å²) in [5.41, 5.74) is 5.48. The first kappa shape index (κ1) is 28.8. The number of hydrogen-bond donors (Lipinski definition) is 1. The topological polar surface area (TPSA) is 49.4 Å². The van der Waals surface area contributed by atoms with E-state index in [0.29, 0.717) is 18.0 Å². The van der Waals surface area contributed by atoms with Gasteiger partial charge in [-0.1, -0.05) is 103 Å². The molecule has 0 saturated heterocycles. The fourth-order valence-corrected chi connectivity index (χ4v) is 5.40. The zero-order valence-corrected chi connectivity index (χ0v) is 23.6. The van der Waals surface area contributed by atoms with Crippen molar-refractivity contribution in [3.63, 3.8) is 0 Å². The smallest absolute Gasteiger partial charge is 0.243 e. The van der Waals surface area contributed by atoms with Crippen LogP contribution in [-0.4, -0.2) is 35.1 Å². The number of unbranched alkanes of at least 4 members (excludes halogenated alkanes) is 1. The lowest BCUT2D eigenvalue weighted by Gasteiger charge is -2.32. The molecular formula is C31H37ClN2O2S. The van der Waals surface area contributed by atoms with Crippen LogP contribution in [0.4, 0.5) is 0 Å². The highest BCUT2D eigenvalue weighted by molar-refractivity contribution is 7.99. The van der Waals surface area contributed by atoms with Gasteiger partial charge in [0.25, 0.3) is 0 Å². The SMILES string of the molecule is CCCCNC(=O)[C@H](Cc1ccccc1)N(Cc1ccccc1Cl)C(=O)CSCc1cc(C)cc(C)c1. The fraction of sp³-hybridized carbons (Fsp3) is 0.355. The number of thioether (sulfide) groups is 1.